The first kappa shape index (κ1) is 22.8. The van der Waals surface area contributed by atoms with Crippen molar-refractivity contribution in [3.05, 3.63) is 47.5 Å². The topological polar surface area (TPSA) is 89.0 Å². The molecule has 31 heavy (non-hydrogen) atoms. The number of rotatable bonds is 10. The van der Waals surface area contributed by atoms with Gasteiger partial charge in [-0.25, -0.2) is 19.1 Å². The number of halogens is 2. The van der Waals surface area contributed by atoms with Crippen LogP contribution in [-0.4, -0.2) is 24.8 Å². The zero-order valence-corrected chi connectivity index (χ0v) is 17.6. The van der Waals surface area contributed by atoms with Gasteiger partial charge < -0.3 is 15.2 Å². The van der Waals surface area contributed by atoms with Crippen LogP contribution in [0.4, 0.5) is 25.8 Å². The Labute approximate surface area is 179 Å². The molecule has 1 aliphatic rings. The molecule has 0 spiro atoms. The minimum absolute atomic E-state index is 0.0335. The largest absolute Gasteiger partial charge is 0.494 e. The van der Waals surface area contributed by atoms with Crippen LogP contribution in [0, 0.1) is 29.9 Å². The average molecular weight is 436 g/mol. The van der Waals surface area contributed by atoms with Crippen LogP contribution >= 0.6 is 0 Å². The van der Waals surface area contributed by atoms with E-state index in [1.54, 1.807) is 12.1 Å². The maximum atomic E-state index is 14.6. The van der Waals surface area contributed by atoms with Crippen molar-refractivity contribution >= 4 is 23.0 Å². The molecule has 1 atom stereocenters. The lowest BCUT2D eigenvalue weighted by atomic mass is 9.94. The van der Waals surface area contributed by atoms with Crippen LogP contribution in [-0.2, 0) is 14.7 Å². The highest BCUT2D eigenvalue weighted by Crippen LogP contribution is 2.51. The quantitative estimate of drug-likeness (QED) is 0.370. The van der Waals surface area contributed by atoms with Crippen molar-refractivity contribution in [3.8, 4) is 5.75 Å². The second-order valence-electron chi connectivity index (χ2n) is 7.94. The van der Waals surface area contributed by atoms with E-state index < -0.39 is 23.0 Å². The van der Waals surface area contributed by atoms with Crippen molar-refractivity contribution in [3.63, 3.8) is 0 Å². The highest BCUT2D eigenvalue weighted by atomic mass is 19.2. The number of hydrogen-bond acceptors (Lipinski definition) is 7. The first-order chi connectivity index (χ1) is 14.8. The van der Waals surface area contributed by atoms with Gasteiger partial charge in [-0.1, -0.05) is 29.6 Å². The predicted octanol–water partition coefficient (Wildman–Crippen LogP) is 4.63. The van der Waals surface area contributed by atoms with Gasteiger partial charge >= 0.3 is 5.97 Å². The fraction of sp³-hybridized carbons (Fsp3) is 0.409. The molecule has 0 saturated heterocycles. The number of methoxy groups -OCH3 is 1. The fourth-order valence-corrected chi connectivity index (χ4v) is 3.33. The molecule has 0 radical (unpaired) electrons. The number of benzene rings is 2. The van der Waals surface area contributed by atoms with Gasteiger partial charge in [0.15, 0.2) is 11.6 Å². The Morgan fingerprint density at radius 1 is 1.23 bits per heavy atom. The molecule has 0 aromatic heterocycles. The lowest BCUT2D eigenvalue weighted by Crippen LogP contribution is -2.24. The van der Waals surface area contributed by atoms with Crippen LogP contribution in [0.5, 0.6) is 5.75 Å². The number of carbonyl (C=O) groups excluding carboxylic acids is 1. The van der Waals surface area contributed by atoms with Gasteiger partial charge in [0, 0.05) is 18.4 Å². The third kappa shape index (κ3) is 5.23. The van der Waals surface area contributed by atoms with Crippen LogP contribution in [0.1, 0.15) is 31.7 Å². The number of carbonyl (C=O) groups is 1. The summed E-state index contributed by atoms with van der Waals surface area (Å²) in [6, 6.07) is 7.88. The molecule has 0 amide bonds. The van der Waals surface area contributed by atoms with Gasteiger partial charge in [-0.15, -0.1) is 0 Å². The Balaban J connectivity index is 1.76. The molecule has 0 aliphatic heterocycles. The maximum Gasteiger partial charge on any atom is 0.351 e. The Hall–Kier alpha value is -2.91. The van der Waals surface area contributed by atoms with Crippen LogP contribution in [0.25, 0.3) is 0 Å². The van der Waals surface area contributed by atoms with E-state index in [9.17, 15) is 18.7 Å². The van der Waals surface area contributed by atoms with Crippen molar-refractivity contribution in [2.45, 2.75) is 33.1 Å². The number of anilines is 3. The third-order valence-corrected chi connectivity index (χ3v) is 5.32. The van der Waals surface area contributed by atoms with Crippen molar-refractivity contribution in [1.29, 1.82) is 0 Å². The molecule has 1 aliphatic carbocycles. The molecule has 3 rings (SSSR count). The van der Waals surface area contributed by atoms with Crippen LogP contribution in [0.15, 0.2) is 30.3 Å². The third-order valence-electron chi connectivity index (χ3n) is 5.32. The molecule has 7 nitrogen and oxygen atoms in total. The van der Waals surface area contributed by atoms with E-state index in [0.29, 0.717) is 24.9 Å². The normalized spacial score (nSPS) is 15.2. The summed E-state index contributed by atoms with van der Waals surface area (Å²) in [6.45, 7) is 3.70. The lowest BCUT2D eigenvalue weighted by Gasteiger charge is -2.19. The second kappa shape index (κ2) is 9.49. The first-order valence-electron chi connectivity index (χ1n) is 9.94. The summed E-state index contributed by atoms with van der Waals surface area (Å²) in [5.74, 6) is -2.98. The number of aliphatic hydroxyl groups is 1. The van der Waals surface area contributed by atoms with E-state index >= 15 is 0 Å². The Morgan fingerprint density at radius 3 is 2.48 bits per heavy atom. The van der Waals surface area contributed by atoms with Gasteiger partial charge in [-0.2, -0.15) is 0 Å². The summed E-state index contributed by atoms with van der Waals surface area (Å²) >= 11 is 0. The van der Waals surface area contributed by atoms with E-state index in [1.807, 2.05) is 26.0 Å². The average Bonchev–Trinajstić information content (AvgIpc) is 3.54. The molecule has 3 N–H and O–H groups in total. The van der Waals surface area contributed by atoms with Gasteiger partial charge in [0.2, 0.25) is 0 Å². The molecule has 0 heterocycles. The van der Waals surface area contributed by atoms with Crippen LogP contribution in [0.3, 0.4) is 0 Å². The van der Waals surface area contributed by atoms with Crippen molar-refractivity contribution in [1.82, 2.24) is 0 Å². The lowest BCUT2D eigenvalue weighted by molar-refractivity contribution is -0.261. The number of aryl methyl sites for hydroxylation is 1. The molecular formula is C22H26F2N2O5. The minimum atomic E-state index is -1.16. The Kier molecular flexibility index (Phi) is 6.97. The van der Waals surface area contributed by atoms with Gasteiger partial charge in [0.25, 0.3) is 0 Å². The minimum Gasteiger partial charge on any atom is -0.494 e. The van der Waals surface area contributed by atoms with Gasteiger partial charge in [-0.3, -0.25) is 4.89 Å². The SMILES string of the molecule is COc1cc(F)c(F)c(Nc2ccc(C)cc2)c1NOOC(=O)C1(CC(C)CO)CC1. The number of nitrogens with one attached hydrogen (secondary N) is 2. The molecule has 168 valence electrons. The van der Waals surface area contributed by atoms with E-state index in [1.165, 1.54) is 7.11 Å². The van der Waals surface area contributed by atoms with Gasteiger partial charge in [0.1, 0.15) is 17.1 Å². The summed E-state index contributed by atoms with van der Waals surface area (Å²) in [7, 11) is 1.29. The zero-order valence-electron chi connectivity index (χ0n) is 17.6. The number of ether oxygens (including phenoxy) is 1. The molecule has 1 unspecified atom stereocenters. The summed E-state index contributed by atoms with van der Waals surface area (Å²) < 4.78 is 33.8. The molecule has 2 aromatic rings. The predicted molar refractivity (Wildman–Crippen MR) is 111 cm³/mol. The molecule has 9 heteroatoms. The van der Waals surface area contributed by atoms with E-state index in [0.717, 1.165) is 11.6 Å². The van der Waals surface area contributed by atoms with E-state index in [2.05, 4.69) is 10.8 Å². The van der Waals surface area contributed by atoms with Crippen molar-refractivity contribution in [2.75, 3.05) is 24.5 Å². The molecular weight excluding hydrogens is 410 g/mol. The van der Waals surface area contributed by atoms with Crippen molar-refractivity contribution < 1.29 is 33.3 Å². The summed E-state index contributed by atoms with van der Waals surface area (Å²) in [6.07, 6.45) is 1.74. The van der Waals surface area contributed by atoms with Crippen molar-refractivity contribution in [2.24, 2.45) is 11.3 Å². The van der Waals surface area contributed by atoms with Crippen LogP contribution in [0.2, 0.25) is 0 Å². The second-order valence-corrected chi connectivity index (χ2v) is 7.94. The standard InChI is InChI=1S/C22H26F2N2O5/c1-13-4-6-15(7-5-13)25-20-18(24)16(23)10-17(29-3)19(20)26-31-30-21(28)22(8-9-22)11-14(2)12-27/h4-7,10,14,25-27H,8-9,11-12H2,1-3H3. The number of hydrogen-bond donors (Lipinski definition) is 3. The van der Waals surface area contributed by atoms with E-state index in [-0.39, 0.29) is 29.6 Å². The monoisotopic (exact) mass is 436 g/mol. The Bertz CT molecular complexity index is 932. The maximum absolute atomic E-state index is 14.6. The molecule has 0 bridgehead atoms. The molecule has 2 aromatic carbocycles. The fourth-order valence-electron chi connectivity index (χ4n) is 3.33. The van der Waals surface area contributed by atoms with E-state index in [4.69, 9.17) is 14.6 Å². The molecule has 1 saturated carbocycles. The smallest absolute Gasteiger partial charge is 0.351 e. The molecule has 1 fully saturated rings. The first-order valence-corrected chi connectivity index (χ1v) is 9.94. The zero-order chi connectivity index (χ0) is 22.6. The summed E-state index contributed by atoms with van der Waals surface area (Å²) in [5, 5.41) is 12.0. The Morgan fingerprint density at radius 2 is 1.90 bits per heavy atom. The van der Waals surface area contributed by atoms with Gasteiger partial charge in [0.05, 0.1) is 12.5 Å². The highest BCUT2D eigenvalue weighted by molar-refractivity contribution is 5.81. The van der Waals surface area contributed by atoms with Gasteiger partial charge in [-0.05, 0) is 44.2 Å². The summed E-state index contributed by atoms with van der Waals surface area (Å²) in [4.78, 5) is 22.2. The number of aliphatic hydroxyl groups excluding tert-OH is 1. The summed E-state index contributed by atoms with van der Waals surface area (Å²) in [5.41, 5.74) is 2.81. The van der Waals surface area contributed by atoms with Crippen LogP contribution < -0.4 is 15.5 Å². The highest BCUT2D eigenvalue weighted by Gasteiger charge is 2.52.